The van der Waals surface area contributed by atoms with Crippen molar-refractivity contribution in [3.63, 3.8) is 0 Å². The highest BCUT2D eigenvalue weighted by Gasteiger charge is 2.27. The molecule has 2 amide bonds. The maximum atomic E-state index is 12.9. The molecule has 0 bridgehead atoms. The van der Waals surface area contributed by atoms with Crippen LogP contribution >= 0.6 is 11.3 Å². The molecule has 0 aliphatic heterocycles. The Bertz CT molecular complexity index is 1300. The third-order valence-corrected chi connectivity index (χ3v) is 5.98. The number of para-hydroxylation sites is 1. The van der Waals surface area contributed by atoms with E-state index in [1.54, 1.807) is 16.8 Å². The van der Waals surface area contributed by atoms with Gasteiger partial charge < -0.3 is 10.1 Å². The second-order valence-corrected chi connectivity index (χ2v) is 9.84. The molecule has 0 radical (unpaired) electrons. The summed E-state index contributed by atoms with van der Waals surface area (Å²) < 4.78 is 7.98. The number of hydrogen-bond donors (Lipinski definition) is 2. The molecule has 4 aromatic rings. The van der Waals surface area contributed by atoms with Crippen LogP contribution in [0.2, 0.25) is 0 Å². The number of amides is 2. The quantitative estimate of drug-likeness (QED) is 0.379. The molecule has 8 nitrogen and oxygen atoms in total. The lowest BCUT2D eigenvalue weighted by molar-refractivity contribution is 0.0941. The highest BCUT2D eigenvalue weighted by atomic mass is 32.1. The molecule has 2 aromatic heterocycles. The molecule has 0 saturated carbocycles. The maximum absolute atomic E-state index is 12.9. The van der Waals surface area contributed by atoms with E-state index in [-0.39, 0.29) is 17.5 Å². The van der Waals surface area contributed by atoms with Crippen molar-refractivity contribution in [3.05, 3.63) is 71.4 Å². The first-order chi connectivity index (χ1) is 16.2. The van der Waals surface area contributed by atoms with E-state index < -0.39 is 5.54 Å². The van der Waals surface area contributed by atoms with Gasteiger partial charge in [0.2, 0.25) is 0 Å². The van der Waals surface area contributed by atoms with E-state index in [4.69, 9.17) is 4.74 Å². The molecule has 0 spiro atoms. The average molecular weight is 478 g/mol. The molecule has 34 heavy (non-hydrogen) atoms. The highest BCUT2D eigenvalue weighted by molar-refractivity contribution is 7.22. The number of carbonyl (C=O) groups excluding carboxylic acids is 2. The number of nitrogens with one attached hydrogen (secondary N) is 2. The van der Waals surface area contributed by atoms with Gasteiger partial charge in [0.1, 0.15) is 17.1 Å². The van der Waals surface area contributed by atoms with Gasteiger partial charge in [-0.2, -0.15) is 10.1 Å². The number of hydrogen-bond acceptors (Lipinski definition) is 6. The fourth-order valence-corrected chi connectivity index (χ4v) is 4.20. The Morgan fingerprint density at radius 1 is 1.03 bits per heavy atom. The van der Waals surface area contributed by atoms with Crippen LogP contribution in [0.3, 0.4) is 0 Å². The summed E-state index contributed by atoms with van der Waals surface area (Å²) in [6, 6.07) is 16.7. The lowest BCUT2D eigenvalue weighted by atomic mass is 10.1. The van der Waals surface area contributed by atoms with Crippen LogP contribution in [0.15, 0.2) is 54.6 Å². The third kappa shape index (κ3) is 5.26. The number of fused-ring (bicyclic) bond motifs is 1. The second-order valence-electron chi connectivity index (χ2n) is 8.84. The molecule has 0 fully saturated rings. The van der Waals surface area contributed by atoms with Gasteiger partial charge in [0.05, 0.1) is 12.1 Å². The smallest absolute Gasteiger partial charge is 0.273 e. The number of anilines is 1. The van der Waals surface area contributed by atoms with Gasteiger partial charge in [0.15, 0.2) is 16.5 Å². The van der Waals surface area contributed by atoms with Gasteiger partial charge in [0, 0.05) is 5.56 Å². The summed E-state index contributed by atoms with van der Waals surface area (Å²) in [4.78, 5) is 30.2. The van der Waals surface area contributed by atoms with Crippen molar-refractivity contribution in [2.45, 2.75) is 33.2 Å². The molecule has 4 rings (SSSR count). The number of carbonyl (C=O) groups is 2. The van der Waals surface area contributed by atoms with Crippen molar-refractivity contribution in [1.29, 1.82) is 0 Å². The Hall–Kier alpha value is -3.72. The minimum Gasteiger partial charge on any atom is -0.492 e. The summed E-state index contributed by atoms with van der Waals surface area (Å²) >= 11 is 1.23. The first-order valence-electron chi connectivity index (χ1n) is 11.0. The van der Waals surface area contributed by atoms with Crippen molar-refractivity contribution in [3.8, 4) is 5.75 Å². The molecule has 2 heterocycles. The molecule has 0 unspecified atom stereocenters. The zero-order chi connectivity index (χ0) is 24.3. The number of rotatable bonds is 7. The first kappa shape index (κ1) is 23.4. The fraction of sp³-hybridized carbons (Fsp3) is 0.280. The number of nitrogens with zero attached hydrogens (tertiary/aromatic N) is 3. The van der Waals surface area contributed by atoms with Crippen LogP contribution in [0.4, 0.5) is 5.13 Å². The van der Waals surface area contributed by atoms with E-state index >= 15 is 0 Å². The zero-order valence-corrected chi connectivity index (χ0v) is 20.4. The van der Waals surface area contributed by atoms with Crippen molar-refractivity contribution < 1.29 is 14.3 Å². The first-order valence-corrected chi connectivity index (χ1v) is 11.8. The van der Waals surface area contributed by atoms with Crippen LogP contribution in [0.25, 0.3) is 10.3 Å². The molecule has 2 N–H and O–H groups in total. The maximum Gasteiger partial charge on any atom is 0.273 e. The van der Waals surface area contributed by atoms with E-state index in [9.17, 15) is 9.59 Å². The number of benzene rings is 2. The third-order valence-electron chi connectivity index (χ3n) is 5.01. The summed E-state index contributed by atoms with van der Waals surface area (Å²) in [5.41, 5.74) is 2.05. The topological polar surface area (TPSA) is 98.1 Å². The molecule has 2 aromatic carbocycles. The minimum absolute atomic E-state index is 0.254. The molecule has 0 aliphatic carbocycles. The van der Waals surface area contributed by atoms with E-state index in [2.05, 4.69) is 20.7 Å². The van der Waals surface area contributed by atoms with Crippen molar-refractivity contribution in [1.82, 2.24) is 20.1 Å². The number of aromatic nitrogens is 3. The Labute approximate surface area is 202 Å². The van der Waals surface area contributed by atoms with Gasteiger partial charge in [-0.15, -0.1) is 0 Å². The lowest BCUT2D eigenvalue weighted by Gasteiger charge is -2.19. The molecular formula is C25H27N5O3S. The Morgan fingerprint density at radius 2 is 1.74 bits per heavy atom. The van der Waals surface area contributed by atoms with E-state index in [1.807, 2.05) is 70.2 Å². The molecule has 176 valence electrons. The highest BCUT2D eigenvalue weighted by Crippen LogP contribution is 2.32. The molecule has 0 aliphatic rings. The summed E-state index contributed by atoms with van der Waals surface area (Å²) in [5, 5.41) is 10.7. The summed E-state index contributed by atoms with van der Waals surface area (Å²) in [5.74, 6) is 0.174. The summed E-state index contributed by atoms with van der Waals surface area (Å²) in [7, 11) is 0. The van der Waals surface area contributed by atoms with Gasteiger partial charge in [-0.1, -0.05) is 47.2 Å². The monoisotopic (exact) mass is 477 g/mol. The van der Waals surface area contributed by atoms with Gasteiger partial charge >= 0.3 is 0 Å². The molecule has 9 heteroatoms. The predicted octanol–water partition coefficient (Wildman–Crippen LogP) is 4.62. The molecular weight excluding hydrogens is 450 g/mol. The van der Waals surface area contributed by atoms with Gasteiger partial charge in [0.25, 0.3) is 11.8 Å². The normalized spacial score (nSPS) is 11.4. The Morgan fingerprint density at radius 3 is 2.41 bits per heavy atom. The second kappa shape index (κ2) is 9.64. The molecule has 0 atom stereocenters. The number of ether oxygens (including phenoxy) is 1. The van der Waals surface area contributed by atoms with E-state index in [0.717, 1.165) is 11.3 Å². The van der Waals surface area contributed by atoms with Crippen LogP contribution in [0, 0.1) is 6.92 Å². The standard InChI is InChI=1S/C25H27N5O3S/c1-16-10-12-17(13-11-16)22(31)28-24-27-21-20(34-24)19(29-30(21)25(2,3)4)23(32)26-14-15-33-18-8-6-5-7-9-18/h5-13H,14-15H2,1-4H3,(H,26,32)(H,27,28,31). The van der Waals surface area contributed by atoms with Gasteiger partial charge in [-0.25, -0.2) is 4.68 Å². The predicted molar refractivity (Wildman–Crippen MR) is 134 cm³/mol. The van der Waals surface area contributed by atoms with Crippen LogP contribution in [-0.2, 0) is 5.54 Å². The van der Waals surface area contributed by atoms with Crippen molar-refractivity contribution >= 4 is 38.6 Å². The van der Waals surface area contributed by atoms with Crippen LogP contribution in [-0.4, -0.2) is 39.7 Å². The summed E-state index contributed by atoms with van der Waals surface area (Å²) in [6.45, 7) is 8.58. The largest absolute Gasteiger partial charge is 0.492 e. The average Bonchev–Trinajstić information content (AvgIpc) is 3.36. The van der Waals surface area contributed by atoms with Crippen LogP contribution in [0.5, 0.6) is 5.75 Å². The van der Waals surface area contributed by atoms with E-state index in [0.29, 0.717) is 34.2 Å². The molecule has 0 saturated heterocycles. The zero-order valence-electron chi connectivity index (χ0n) is 19.6. The van der Waals surface area contributed by atoms with E-state index in [1.165, 1.54) is 11.3 Å². The van der Waals surface area contributed by atoms with Crippen molar-refractivity contribution in [2.24, 2.45) is 0 Å². The Kier molecular flexibility index (Phi) is 6.65. The Balaban J connectivity index is 1.51. The van der Waals surface area contributed by atoms with Crippen LogP contribution < -0.4 is 15.4 Å². The van der Waals surface area contributed by atoms with Gasteiger partial charge in [-0.3, -0.25) is 14.9 Å². The van der Waals surface area contributed by atoms with Crippen molar-refractivity contribution in [2.75, 3.05) is 18.5 Å². The van der Waals surface area contributed by atoms with Gasteiger partial charge in [-0.05, 0) is 52.0 Å². The number of aryl methyl sites for hydroxylation is 1. The lowest BCUT2D eigenvalue weighted by Crippen LogP contribution is -2.29. The fourth-order valence-electron chi connectivity index (χ4n) is 3.28. The SMILES string of the molecule is Cc1ccc(C(=O)Nc2nc3c(s2)c(C(=O)NCCOc2ccccc2)nn3C(C)(C)C)cc1. The number of thiazole rings is 1. The summed E-state index contributed by atoms with van der Waals surface area (Å²) in [6.07, 6.45) is 0. The minimum atomic E-state index is -0.403. The van der Waals surface area contributed by atoms with Crippen LogP contribution in [0.1, 0.15) is 47.2 Å².